The highest BCUT2D eigenvalue weighted by Crippen LogP contribution is 2.34. The van der Waals surface area contributed by atoms with Gasteiger partial charge in [-0.05, 0) is 87.3 Å². The molecule has 4 nitrogen and oxygen atoms in total. The molecule has 1 amide bonds. The molecule has 3 rings (SSSR count). The van der Waals surface area contributed by atoms with Gasteiger partial charge in [-0.15, -0.1) is 6.58 Å². The van der Waals surface area contributed by atoms with E-state index in [0.717, 1.165) is 16.8 Å². The van der Waals surface area contributed by atoms with Gasteiger partial charge in [-0.3, -0.25) is 9.80 Å². The third kappa shape index (κ3) is 8.59. The third-order valence-corrected chi connectivity index (χ3v) is 7.36. The van der Waals surface area contributed by atoms with Crippen LogP contribution in [-0.4, -0.2) is 29.5 Å². The molecule has 39 heavy (non-hydrogen) atoms. The minimum absolute atomic E-state index is 0.0568. The molecule has 1 unspecified atom stereocenters. The van der Waals surface area contributed by atoms with Gasteiger partial charge in [-0.25, -0.2) is 18.6 Å². The predicted molar refractivity (Wildman–Crippen MR) is 154 cm³/mol. The van der Waals surface area contributed by atoms with E-state index >= 15 is 0 Å². The van der Waals surface area contributed by atoms with Crippen LogP contribution >= 0.6 is 0 Å². The Morgan fingerprint density at radius 1 is 1.13 bits per heavy atom. The van der Waals surface area contributed by atoms with Crippen molar-refractivity contribution in [3.63, 3.8) is 0 Å². The van der Waals surface area contributed by atoms with E-state index in [4.69, 9.17) is 0 Å². The summed E-state index contributed by atoms with van der Waals surface area (Å²) < 4.78 is 42.5. The Morgan fingerprint density at radius 2 is 1.74 bits per heavy atom. The third-order valence-electron chi connectivity index (χ3n) is 7.36. The van der Waals surface area contributed by atoms with E-state index in [0.29, 0.717) is 18.4 Å². The van der Waals surface area contributed by atoms with Crippen molar-refractivity contribution in [3.8, 4) is 0 Å². The van der Waals surface area contributed by atoms with Gasteiger partial charge in [0.15, 0.2) is 0 Å². The number of nitrogens with zero attached hydrogens (tertiary/aromatic N) is 1. The summed E-state index contributed by atoms with van der Waals surface area (Å²) in [6, 6.07) is 6.71. The second kappa shape index (κ2) is 12.2. The number of halogens is 3. The molecule has 0 spiro atoms. The van der Waals surface area contributed by atoms with Crippen molar-refractivity contribution in [2.45, 2.75) is 109 Å². The van der Waals surface area contributed by atoms with Crippen molar-refractivity contribution in [1.29, 1.82) is 0 Å². The molecule has 2 N–H and O–H groups in total. The van der Waals surface area contributed by atoms with Crippen LogP contribution in [0.3, 0.4) is 0 Å². The summed E-state index contributed by atoms with van der Waals surface area (Å²) in [6.45, 7) is 16.1. The molecular weight excluding hydrogens is 499 g/mol. The summed E-state index contributed by atoms with van der Waals surface area (Å²) in [5.74, 6) is -3.48. The van der Waals surface area contributed by atoms with Gasteiger partial charge >= 0.3 is 0 Å². The number of nitrogens with one attached hydrogen (secondary N) is 2. The second-order valence-corrected chi connectivity index (χ2v) is 12.6. The number of hydrogen-bond donors (Lipinski definition) is 2. The molecule has 1 saturated carbocycles. The molecule has 0 aliphatic heterocycles. The second-order valence-electron chi connectivity index (χ2n) is 12.6. The number of hydrogen-bond acceptors (Lipinski definition) is 3. The number of hydrazine groups is 1. The maximum absolute atomic E-state index is 14.9. The van der Waals surface area contributed by atoms with Crippen molar-refractivity contribution in [1.82, 2.24) is 10.7 Å². The smallest absolute Gasteiger partial charge is 0.248 e. The molecule has 2 aliphatic rings. The Labute approximate surface area is 232 Å². The number of benzene rings is 1. The lowest BCUT2D eigenvalue weighted by Crippen LogP contribution is -2.61. The van der Waals surface area contributed by atoms with Gasteiger partial charge in [0.05, 0.1) is 5.69 Å². The summed E-state index contributed by atoms with van der Waals surface area (Å²) in [5, 5.41) is 4.83. The average Bonchev–Trinajstić information content (AvgIpc) is 2.99. The van der Waals surface area contributed by atoms with Gasteiger partial charge in [0.1, 0.15) is 11.9 Å². The Balaban J connectivity index is 2.07. The minimum Gasteiger partial charge on any atom is -0.351 e. The van der Waals surface area contributed by atoms with Crippen LogP contribution in [0.15, 0.2) is 72.1 Å². The number of carbonyl (C=O) groups is 1. The number of anilines is 1. The van der Waals surface area contributed by atoms with Gasteiger partial charge in [0.25, 0.3) is 0 Å². The first-order valence-electron chi connectivity index (χ1n) is 13.8. The van der Waals surface area contributed by atoms with Crippen LogP contribution in [0.25, 0.3) is 0 Å². The molecule has 0 radical (unpaired) electrons. The summed E-state index contributed by atoms with van der Waals surface area (Å²) in [4.78, 5) is 14.1. The lowest BCUT2D eigenvalue weighted by Gasteiger charge is -2.41. The maximum Gasteiger partial charge on any atom is 0.248 e. The van der Waals surface area contributed by atoms with E-state index in [2.05, 4.69) is 38.1 Å². The molecule has 1 atom stereocenters. The normalized spacial score (nSPS) is 19.3. The Morgan fingerprint density at radius 3 is 2.31 bits per heavy atom. The fourth-order valence-corrected chi connectivity index (χ4v) is 5.07. The van der Waals surface area contributed by atoms with Crippen LogP contribution < -0.4 is 15.8 Å². The van der Waals surface area contributed by atoms with Crippen LogP contribution in [0.2, 0.25) is 0 Å². The molecule has 0 heterocycles. The van der Waals surface area contributed by atoms with E-state index in [1.807, 2.05) is 57.2 Å². The van der Waals surface area contributed by atoms with Crippen molar-refractivity contribution in [2.24, 2.45) is 0 Å². The van der Waals surface area contributed by atoms with Crippen molar-refractivity contribution in [3.05, 3.63) is 77.7 Å². The zero-order valence-corrected chi connectivity index (χ0v) is 24.2. The molecule has 1 aromatic carbocycles. The first kappa shape index (κ1) is 30.7. The molecule has 214 valence electrons. The standard InChI is InChI=1S/C32H44F3N3O/c1-8-17-31(6,7)37-38(27-13-11-24(12-14-27)30(3,4)5)28(23-10-9-22(2)20-25(33)21-23)29(39)36-26-15-18-32(34,35)19-16-26/h8-9,11-14,20-21,26,28,37H,1,10,15-19H2,2-7H3,(H,36,39). The molecular formula is C32H44F3N3O. The summed E-state index contributed by atoms with van der Waals surface area (Å²) >= 11 is 0. The first-order chi connectivity index (χ1) is 18.1. The number of carbonyl (C=O) groups excluding carboxylic acids is 1. The van der Waals surface area contributed by atoms with Gasteiger partial charge in [-0.1, -0.05) is 50.6 Å². The van der Waals surface area contributed by atoms with E-state index in [-0.39, 0.29) is 43.0 Å². The van der Waals surface area contributed by atoms with Gasteiger partial charge in [-0.2, -0.15) is 0 Å². The molecule has 0 aromatic heterocycles. The highest BCUT2D eigenvalue weighted by molar-refractivity contribution is 5.89. The lowest BCUT2D eigenvalue weighted by molar-refractivity contribution is -0.123. The van der Waals surface area contributed by atoms with Gasteiger partial charge in [0, 0.05) is 24.4 Å². The maximum atomic E-state index is 14.9. The molecule has 0 saturated heterocycles. The fourth-order valence-electron chi connectivity index (χ4n) is 5.07. The molecule has 1 aromatic rings. The van der Waals surface area contributed by atoms with Crippen molar-refractivity contribution < 1.29 is 18.0 Å². The largest absolute Gasteiger partial charge is 0.351 e. The minimum atomic E-state index is -2.70. The van der Waals surface area contributed by atoms with Crippen molar-refractivity contribution >= 4 is 11.6 Å². The van der Waals surface area contributed by atoms with Crippen LogP contribution in [0.4, 0.5) is 18.9 Å². The van der Waals surface area contributed by atoms with Crippen LogP contribution in [0.5, 0.6) is 0 Å². The van der Waals surface area contributed by atoms with E-state index in [1.54, 1.807) is 5.01 Å². The number of allylic oxidation sites excluding steroid dienone is 5. The monoisotopic (exact) mass is 543 g/mol. The Hall–Kier alpha value is -2.80. The predicted octanol–water partition coefficient (Wildman–Crippen LogP) is 7.84. The Kier molecular flexibility index (Phi) is 9.58. The lowest BCUT2D eigenvalue weighted by atomic mass is 9.87. The number of amides is 1. The highest BCUT2D eigenvalue weighted by Gasteiger charge is 2.38. The topological polar surface area (TPSA) is 44.4 Å². The molecule has 2 aliphatic carbocycles. The van der Waals surface area contributed by atoms with Crippen molar-refractivity contribution in [2.75, 3.05) is 5.01 Å². The SMILES string of the molecule is C=CCC(C)(C)NN(c1ccc(C(C)(C)C)cc1)C(C(=O)NC1CCC(F)(F)CC1)C1=CC(F)=CC(C)=CC1. The van der Waals surface area contributed by atoms with E-state index in [1.165, 1.54) is 12.2 Å². The fraction of sp³-hybridized carbons (Fsp3) is 0.531. The van der Waals surface area contributed by atoms with Gasteiger partial charge in [0.2, 0.25) is 11.8 Å². The summed E-state index contributed by atoms with van der Waals surface area (Å²) in [6.07, 6.45) is 7.45. The molecule has 0 bridgehead atoms. The highest BCUT2D eigenvalue weighted by atomic mass is 19.3. The first-order valence-corrected chi connectivity index (χ1v) is 13.8. The molecule has 7 heteroatoms. The van der Waals surface area contributed by atoms with E-state index < -0.39 is 23.3 Å². The van der Waals surface area contributed by atoms with Crippen LogP contribution in [0.1, 0.15) is 85.6 Å². The van der Waals surface area contributed by atoms with Gasteiger partial charge < -0.3 is 5.32 Å². The number of rotatable bonds is 9. The van der Waals surface area contributed by atoms with E-state index in [9.17, 15) is 18.0 Å². The number of alkyl halides is 2. The van der Waals surface area contributed by atoms with Crippen LogP contribution in [-0.2, 0) is 10.2 Å². The Bertz CT molecular complexity index is 1120. The average molecular weight is 544 g/mol. The zero-order valence-electron chi connectivity index (χ0n) is 24.2. The quantitative estimate of drug-likeness (QED) is 0.246. The summed E-state index contributed by atoms with van der Waals surface area (Å²) in [7, 11) is 0. The van der Waals surface area contributed by atoms with Crippen LogP contribution in [0, 0.1) is 0 Å². The molecule has 1 fully saturated rings. The summed E-state index contributed by atoms with van der Waals surface area (Å²) in [5.41, 5.74) is 6.20. The zero-order chi connectivity index (χ0) is 29.0.